The molecule has 0 saturated heterocycles. The highest BCUT2D eigenvalue weighted by Crippen LogP contribution is 2.26. The summed E-state index contributed by atoms with van der Waals surface area (Å²) in [7, 11) is 0. The molecule has 0 radical (unpaired) electrons. The molecule has 0 fully saturated rings. The fourth-order valence-corrected chi connectivity index (χ4v) is 4.03. The van der Waals surface area contributed by atoms with Crippen molar-refractivity contribution in [2.24, 2.45) is 10.3 Å². The molecule has 2 atom stereocenters. The molecule has 5 rings (SSSR count). The first kappa shape index (κ1) is 22.9. The van der Waals surface area contributed by atoms with E-state index in [1.165, 1.54) is 6.07 Å². The summed E-state index contributed by atoms with van der Waals surface area (Å²) in [6, 6.07) is 24.4. The fraction of sp³-hybridized carbons (Fsp3) is 0.222. The van der Waals surface area contributed by atoms with Crippen molar-refractivity contribution in [2.45, 2.75) is 25.0 Å². The maximum absolute atomic E-state index is 12.9. The van der Waals surface area contributed by atoms with Crippen molar-refractivity contribution in [1.29, 1.82) is 0 Å². The van der Waals surface area contributed by atoms with Gasteiger partial charge in [-0.3, -0.25) is 0 Å². The van der Waals surface area contributed by atoms with Gasteiger partial charge in [-0.25, -0.2) is 4.79 Å². The largest absolute Gasteiger partial charge is 0.489 e. The maximum Gasteiger partial charge on any atom is 0.342 e. The van der Waals surface area contributed by atoms with E-state index in [1.807, 2.05) is 60.7 Å². The van der Waals surface area contributed by atoms with Crippen LogP contribution < -0.4 is 4.74 Å². The maximum atomic E-state index is 12.9. The summed E-state index contributed by atoms with van der Waals surface area (Å²) in [6.45, 7) is 0.284. The molecule has 2 heterocycles. The van der Waals surface area contributed by atoms with Crippen LogP contribution in [0.5, 0.6) is 5.75 Å². The van der Waals surface area contributed by atoms with E-state index < -0.39 is 5.97 Å². The number of benzene rings is 3. The molecule has 0 N–H and O–H groups in total. The molecule has 3 aromatic rings. The third kappa shape index (κ3) is 5.63. The zero-order valence-electron chi connectivity index (χ0n) is 18.8. The van der Waals surface area contributed by atoms with Gasteiger partial charge in [0.2, 0.25) is 0 Å². The van der Waals surface area contributed by atoms with Crippen LogP contribution in [-0.2, 0) is 14.4 Å². The molecule has 0 saturated carbocycles. The van der Waals surface area contributed by atoms with Crippen molar-refractivity contribution in [3.63, 3.8) is 0 Å². The SMILES string of the molecule is O=C(OCC1CC(c2ccccc2)=NO1)c1cc(Cl)ccc1OCC1CC(c2ccccc2)=NO1. The molecule has 0 aromatic heterocycles. The molecule has 2 unspecified atom stereocenters. The van der Waals surface area contributed by atoms with Gasteiger partial charge in [-0.2, -0.15) is 0 Å². The van der Waals surface area contributed by atoms with Gasteiger partial charge in [0.25, 0.3) is 0 Å². The van der Waals surface area contributed by atoms with Crippen LogP contribution in [0.2, 0.25) is 5.02 Å². The predicted molar refractivity (Wildman–Crippen MR) is 132 cm³/mol. The molecule has 0 spiro atoms. The first-order valence-electron chi connectivity index (χ1n) is 11.3. The lowest BCUT2D eigenvalue weighted by atomic mass is 10.1. The summed E-state index contributed by atoms with van der Waals surface area (Å²) < 4.78 is 11.4. The van der Waals surface area contributed by atoms with Crippen LogP contribution in [0.1, 0.15) is 34.3 Å². The quantitative estimate of drug-likeness (QED) is 0.402. The number of carbonyl (C=O) groups excluding carboxylic acids is 1. The minimum atomic E-state index is -0.548. The highest BCUT2D eigenvalue weighted by molar-refractivity contribution is 6.31. The van der Waals surface area contributed by atoms with Crippen molar-refractivity contribution >= 4 is 29.0 Å². The zero-order chi connectivity index (χ0) is 24.0. The number of oxime groups is 2. The van der Waals surface area contributed by atoms with Crippen LogP contribution in [0.15, 0.2) is 89.2 Å². The average molecular weight is 491 g/mol. The molecular weight excluding hydrogens is 468 g/mol. The van der Waals surface area contributed by atoms with Gasteiger partial charge in [0.05, 0.1) is 11.4 Å². The summed E-state index contributed by atoms with van der Waals surface area (Å²) >= 11 is 6.14. The lowest BCUT2D eigenvalue weighted by Gasteiger charge is -2.15. The average Bonchev–Trinajstić information content (AvgIpc) is 3.58. The van der Waals surface area contributed by atoms with E-state index in [-0.39, 0.29) is 31.0 Å². The Morgan fingerprint density at radius 2 is 1.40 bits per heavy atom. The summed E-state index contributed by atoms with van der Waals surface area (Å²) in [5.41, 5.74) is 3.93. The second-order valence-corrected chi connectivity index (χ2v) is 8.66. The topological polar surface area (TPSA) is 78.7 Å². The molecule has 3 aromatic carbocycles. The monoisotopic (exact) mass is 490 g/mol. The van der Waals surface area contributed by atoms with Gasteiger partial charge in [-0.15, -0.1) is 0 Å². The number of halogens is 1. The van der Waals surface area contributed by atoms with Crippen molar-refractivity contribution in [3.05, 3.63) is 101 Å². The zero-order valence-corrected chi connectivity index (χ0v) is 19.6. The van der Waals surface area contributed by atoms with Gasteiger partial charge in [-0.1, -0.05) is 82.6 Å². The second-order valence-electron chi connectivity index (χ2n) is 8.22. The Balaban J connectivity index is 1.15. The van der Waals surface area contributed by atoms with E-state index in [1.54, 1.807) is 12.1 Å². The molecule has 2 aliphatic rings. The Hall–Kier alpha value is -3.84. The smallest absolute Gasteiger partial charge is 0.342 e. The van der Waals surface area contributed by atoms with Crippen LogP contribution in [0.25, 0.3) is 0 Å². The Morgan fingerprint density at radius 1 is 0.829 bits per heavy atom. The molecule has 7 nitrogen and oxygen atoms in total. The van der Waals surface area contributed by atoms with Gasteiger partial charge in [0.1, 0.15) is 24.5 Å². The molecular formula is C27H23ClN2O5. The lowest BCUT2D eigenvalue weighted by Crippen LogP contribution is -2.21. The molecule has 0 bridgehead atoms. The second kappa shape index (κ2) is 10.6. The minimum Gasteiger partial charge on any atom is -0.489 e. The first-order chi connectivity index (χ1) is 17.2. The van der Waals surface area contributed by atoms with E-state index in [4.69, 9.17) is 30.7 Å². The van der Waals surface area contributed by atoms with E-state index in [2.05, 4.69) is 10.3 Å². The standard InChI is InChI=1S/C27H23ClN2O5/c28-20-11-12-26(32-16-21-14-24(29-34-21)18-7-3-1-4-8-18)23(13-20)27(31)33-17-22-15-25(30-35-22)19-9-5-2-6-10-19/h1-13,21-22H,14-17H2. The number of esters is 1. The molecule has 178 valence electrons. The minimum absolute atomic E-state index is 0.0602. The third-order valence-electron chi connectivity index (χ3n) is 5.67. The number of hydrogen-bond acceptors (Lipinski definition) is 7. The van der Waals surface area contributed by atoms with Crippen LogP contribution in [0.3, 0.4) is 0 Å². The summed E-state index contributed by atoms with van der Waals surface area (Å²) in [4.78, 5) is 23.8. The Bertz CT molecular complexity index is 1250. The summed E-state index contributed by atoms with van der Waals surface area (Å²) in [6.07, 6.45) is 0.558. The molecule has 35 heavy (non-hydrogen) atoms. The van der Waals surface area contributed by atoms with Gasteiger partial charge in [0, 0.05) is 17.9 Å². The molecule has 2 aliphatic heterocycles. The van der Waals surface area contributed by atoms with Crippen LogP contribution in [-0.4, -0.2) is 42.8 Å². The van der Waals surface area contributed by atoms with Crippen molar-refractivity contribution in [1.82, 2.24) is 0 Å². The summed E-state index contributed by atoms with van der Waals surface area (Å²) in [5, 5.41) is 8.70. The predicted octanol–water partition coefficient (Wildman–Crippen LogP) is 5.26. The first-order valence-corrected chi connectivity index (χ1v) is 11.7. The Labute approximate surface area is 207 Å². The van der Waals surface area contributed by atoms with Crippen LogP contribution in [0.4, 0.5) is 0 Å². The number of rotatable bonds is 8. The Kier molecular flexibility index (Phi) is 6.95. The van der Waals surface area contributed by atoms with Crippen molar-refractivity contribution in [2.75, 3.05) is 13.2 Å². The number of carbonyl (C=O) groups is 1. The number of hydrogen-bond donors (Lipinski definition) is 0. The lowest BCUT2D eigenvalue weighted by molar-refractivity contribution is 0.00627. The van der Waals surface area contributed by atoms with Crippen LogP contribution in [0, 0.1) is 0 Å². The molecule has 0 aliphatic carbocycles. The van der Waals surface area contributed by atoms with Gasteiger partial charge in [0.15, 0.2) is 12.2 Å². The van der Waals surface area contributed by atoms with Gasteiger partial charge < -0.3 is 19.1 Å². The van der Waals surface area contributed by atoms with E-state index in [0.29, 0.717) is 23.6 Å². The van der Waals surface area contributed by atoms with E-state index in [0.717, 1.165) is 22.6 Å². The highest BCUT2D eigenvalue weighted by atomic mass is 35.5. The fourth-order valence-electron chi connectivity index (χ4n) is 3.85. The van der Waals surface area contributed by atoms with E-state index in [9.17, 15) is 4.79 Å². The van der Waals surface area contributed by atoms with Crippen molar-refractivity contribution in [3.8, 4) is 5.75 Å². The summed E-state index contributed by atoms with van der Waals surface area (Å²) in [5.74, 6) is -0.183. The number of nitrogens with zero attached hydrogens (tertiary/aromatic N) is 2. The number of ether oxygens (including phenoxy) is 2. The van der Waals surface area contributed by atoms with E-state index >= 15 is 0 Å². The highest BCUT2D eigenvalue weighted by Gasteiger charge is 2.26. The molecule has 0 amide bonds. The van der Waals surface area contributed by atoms with Crippen LogP contribution >= 0.6 is 11.6 Å². The van der Waals surface area contributed by atoms with Gasteiger partial charge >= 0.3 is 5.97 Å². The third-order valence-corrected chi connectivity index (χ3v) is 5.90. The normalized spacial score (nSPS) is 18.8. The van der Waals surface area contributed by atoms with Gasteiger partial charge in [-0.05, 0) is 29.3 Å². The van der Waals surface area contributed by atoms with Crippen molar-refractivity contribution < 1.29 is 23.9 Å². The Morgan fingerprint density at radius 3 is 2.00 bits per heavy atom. The molecule has 8 heteroatoms.